The number of carbonyl (C=O) groups is 1. The number of carbonyl (C=O) groups excluding carboxylic acids is 1. The zero-order valence-corrected chi connectivity index (χ0v) is 19.6. The first-order valence-electron chi connectivity index (χ1n) is 9.83. The quantitative estimate of drug-likeness (QED) is 0.441. The molecule has 0 spiro atoms. The highest BCUT2D eigenvalue weighted by Gasteiger charge is 2.26. The van der Waals surface area contributed by atoms with Gasteiger partial charge >= 0.3 is 0 Å². The molecule has 8 nitrogen and oxygen atoms in total. The lowest BCUT2D eigenvalue weighted by Gasteiger charge is -2.16. The van der Waals surface area contributed by atoms with Crippen LogP contribution in [0, 0.1) is 20.8 Å². The first-order valence-corrected chi connectivity index (χ1v) is 11.3. The molecule has 0 aliphatic rings. The number of amides is 1. The van der Waals surface area contributed by atoms with Crippen molar-refractivity contribution in [2.75, 3.05) is 4.31 Å². The predicted molar refractivity (Wildman–Crippen MR) is 125 cm³/mol. The van der Waals surface area contributed by atoms with Gasteiger partial charge in [0.25, 0.3) is 17.2 Å². The Hall–Kier alpha value is -3.01. The Labute approximate surface area is 192 Å². The number of imidazole rings is 2. The van der Waals surface area contributed by atoms with Crippen molar-refractivity contribution in [2.45, 2.75) is 27.3 Å². The molecular formula is C22H22ClN5O3S. The molecule has 0 radical (unpaired) electrons. The molecule has 0 saturated heterocycles. The summed E-state index contributed by atoms with van der Waals surface area (Å²) in [6, 6.07) is 10.7. The molecule has 0 fully saturated rings. The second-order valence-corrected chi connectivity index (χ2v) is 8.80. The zero-order chi connectivity index (χ0) is 23.2. The molecular weight excluding hydrogens is 450 g/mol. The molecule has 0 bridgehead atoms. The molecule has 0 saturated carbocycles. The molecule has 2 aromatic carbocycles. The third-order valence-corrected chi connectivity index (χ3v) is 6.55. The number of aromatic nitrogens is 4. The summed E-state index contributed by atoms with van der Waals surface area (Å²) in [5.41, 5.74) is 3.84. The molecule has 166 valence electrons. The van der Waals surface area contributed by atoms with E-state index >= 15 is 0 Å². The van der Waals surface area contributed by atoms with E-state index in [1.165, 1.54) is 0 Å². The van der Waals surface area contributed by atoms with Crippen LogP contribution in [0.3, 0.4) is 0 Å². The van der Waals surface area contributed by atoms with E-state index < -0.39 is 17.2 Å². The summed E-state index contributed by atoms with van der Waals surface area (Å²) in [6.07, 6.45) is 1.57. The van der Waals surface area contributed by atoms with Gasteiger partial charge in [-0.3, -0.25) is 9.35 Å². The lowest BCUT2D eigenvalue weighted by molar-refractivity contribution is 0.100. The van der Waals surface area contributed by atoms with Gasteiger partial charge in [-0.2, -0.15) is 0 Å². The van der Waals surface area contributed by atoms with Crippen LogP contribution >= 0.6 is 11.6 Å². The molecule has 32 heavy (non-hydrogen) atoms. The summed E-state index contributed by atoms with van der Waals surface area (Å²) in [5.74, 6) is 0.770. The topological polar surface area (TPSA) is 93.3 Å². The number of hydrogen-bond acceptors (Lipinski definition) is 4. The van der Waals surface area contributed by atoms with E-state index in [1.54, 1.807) is 42.0 Å². The van der Waals surface area contributed by atoms with Crippen LogP contribution in [0.2, 0.25) is 5.02 Å². The van der Waals surface area contributed by atoms with E-state index in [0.717, 1.165) is 32.3 Å². The number of aryl methyl sites for hydroxylation is 4. The lowest BCUT2D eigenvalue weighted by atomic mass is 10.2. The van der Waals surface area contributed by atoms with Crippen LogP contribution in [0.1, 0.15) is 33.3 Å². The summed E-state index contributed by atoms with van der Waals surface area (Å²) in [5, 5.41) is 0.546. The van der Waals surface area contributed by atoms with Crippen LogP contribution in [-0.4, -0.2) is 33.8 Å². The van der Waals surface area contributed by atoms with Crippen LogP contribution in [0.25, 0.3) is 11.0 Å². The van der Waals surface area contributed by atoms with Gasteiger partial charge in [0.05, 0.1) is 22.8 Å². The molecule has 1 amide bonds. The highest BCUT2D eigenvalue weighted by molar-refractivity contribution is 7.81. The first kappa shape index (κ1) is 22.2. The highest BCUT2D eigenvalue weighted by atomic mass is 35.5. The summed E-state index contributed by atoms with van der Waals surface area (Å²) < 4.78 is 26.3. The third-order valence-electron chi connectivity index (χ3n) is 5.44. The molecule has 2 heterocycles. The van der Waals surface area contributed by atoms with Gasteiger partial charge in [-0.15, -0.1) is 0 Å². The normalized spacial score (nSPS) is 12.3. The van der Waals surface area contributed by atoms with Crippen molar-refractivity contribution < 1.29 is 13.6 Å². The van der Waals surface area contributed by atoms with Crippen molar-refractivity contribution in [3.63, 3.8) is 0 Å². The van der Waals surface area contributed by atoms with E-state index in [4.69, 9.17) is 11.6 Å². The number of benzene rings is 2. The Morgan fingerprint density at radius 3 is 2.44 bits per heavy atom. The number of anilines is 1. The summed E-state index contributed by atoms with van der Waals surface area (Å²) in [4.78, 5) is 21.9. The van der Waals surface area contributed by atoms with Gasteiger partial charge in [-0.1, -0.05) is 35.4 Å². The molecule has 4 aromatic rings. The van der Waals surface area contributed by atoms with Crippen molar-refractivity contribution in [1.29, 1.82) is 0 Å². The minimum absolute atomic E-state index is 0.0661. The number of fused-ring (bicyclic) bond motifs is 1. The van der Waals surface area contributed by atoms with Gasteiger partial charge in [-0.05, 0) is 44.5 Å². The SMILES string of the molecule is Cc1ccc(N(C(=O)c2cn(Cc3ccc4c(nc(C)n4C)c3Cl)c(C)n2)S(=O)O)cc1. The van der Waals surface area contributed by atoms with Crippen LogP contribution in [-0.2, 0) is 24.9 Å². The largest absolute Gasteiger partial charge is 0.331 e. The Bertz CT molecular complexity index is 1360. The van der Waals surface area contributed by atoms with Gasteiger partial charge in [-0.25, -0.2) is 18.5 Å². The van der Waals surface area contributed by atoms with Gasteiger partial charge in [0, 0.05) is 13.2 Å². The number of halogens is 1. The van der Waals surface area contributed by atoms with E-state index in [0.29, 0.717) is 23.1 Å². The van der Waals surface area contributed by atoms with Crippen LogP contribution in [0.15, 0.2) is 42.6 Å². The second-order valence-electron chi connectivity index (χ2n) is 7.59. The lowest BCUT2D eigenvalue weighted by Crippen LogP contribution is -2.32. The molecule has 1 N–H and O–H groups in total. The summed E-state index contributed by atoms with van der Waals surface area (Å²) in [7, 11) is 1.93. The van der Waals surface area contributed by atoms with Crippen molar-refractivity contribution in [1.82, 2.24) is 19.1 Å². The average molecular weight is 472 g/mol. The standard InChI is InChI=1S/C22H22ClN5O3S/c1-13-5-8-17(9-6-13)28(32(30)31)22(29)18-12-27(15(3)24-18)11-16-7-10-19-21(20(16)23)25-14(2)26(19)4/h5-10,12H,11H2,1-4H3,(H,30,31). The predicted octanol–water partition coefficient (Wildman–Crippen LogP) is 4.18. The van der Waals surface area contributed by atoms with Gasteiger partial charge in [0.15, 0.2) is 0 Å². The summed E-state index contributed by atoms with van der Waals surface area (Å²) >= 11 is 4.08. The maximum Gasteiger partial charge on any atom is 0.292 e. The van der Waals surface area contributed by atoms with Crippen LogP contribution < -0.4 is 4.31 Å². The second kappa shape index (κ2) is 8.50. The molecule has 10 heteroatoms. The maximum absolute atomic E-state index is 13.0. The van der Waals surface area contributed by atoms with Gasteiger partial charge in [0.1, 0.15) is 22.9 Å². The Kier molecular flexibility index (Phi) is 5.89. The first-order chi connectivity index (χ1) is 15.2. The molecule has 0 aliphatic carbocycles. The van der Waals surface area contributed by atoms with Crippen LogP contribution in [0.4, 0.5) is 5.69 Å². The molecule has 1 atom stereocenters. The molecule has 4 rings (SSSR count). The fourth-order valence-electron chi connectivity index (χ4n) is 3.52. The van der Waals surface area contributed by atoms with Gasteiger partial charge in [0.2, 0.25) is 0 Å². The Morgan fingerprint density at radius 1 is 1.09 bits per heavy atom. The van der Waals surface area contributed by atoms with Crippen molar-refractivity contribution in [3.8, 4) is 0 Å². The third kappa shape index (κ3) is 3.94. The number of nitrogens with zero attached hydrogens (tertiary/aromatic N) is 5. The Balaban J connectivity index is 1.66. The zero-order valence-electron chi connectivity index (χ0n) is 18.0. The average Bonchev–Trinajstić information content (AvgIpc) is 3.25. The van der Waals surface area contributed by atoms with Crippen molar-refractivity contribution in [2.24, 2.45) is 7.05 Å². The number of rotatable bonds is 5. The fourth-order valence-corrected chi connectivity index (χ4v) is 4.32. The summed E-state index contributed by atoms with van der Waals surface area (Å²) in [6.45, 7) is 5.95. The van der Waals surface area contributed by atoms with E-state index in [9.17, 15) is 13.6 Å². The number of hydrogen-bond donors (Lipinski definition) is 1. The van der Waals surface area contributed by atoms with Crippen LogP contribution in [0.5, 0.6) is 0 Å². The Morgan fingerprint density at radius 2 is 1.78 bits per heavy atom. The monoisotopic (exact) mass is 471 g/mol. The minimum Gasteiger partial charge on any atom is -0.331 e. The van der Waals surface area contributed by atoms with E-state index in [-0.39, 0.29) is 5.69 Å². The van der Waals surface area contributed by atoms with Gasteiger partial charge < -0.3 is 9.13 Å². The molecule has 1 unspecified atom stereocenters. The molecule has 0 aliphatic heterocycles. The molecule has 2 aromatic heterocycles. The van der Waals surface area contributed by atoms with E-state index in [1.807, 2.05) is 37.6 Å². The minimum atomic E-state index is -2.54. The highest BCUT2D eigenvalue weighted by Crippen LogP contribution is 2.28. The van der Waals surface area contributed by atoms with Crippen molar-refractivity contribution >= 4 is 45.5 Å². The fraction of sp³-hybridized carbons (Fsp3) is 0.227. The smallest absolute Gasteiger partial charge is 0.292 e. The maximum atomic E-state index is 13.0. The van der Waals surface area contributed by atoms with E-state index in [2.05, 4.69) is 9.97 Å². The van der Waals surface area contributed by atoms with Crippen molar-refractivity contribution in [3.05, 3.63) is 76.1 Å².